The van der Waals surface area contributed by atoms with Crippen molar-refractivity contribution >= 4 is 0 Å². The van der Waals surface area contributed by atoms with Crippen LogP contribution in [0.5, 0.6) is 5.88 Å². The number of hydrogen-bond acceptors (Lipinski definition) is 2. The molecule has 11 heavy (non-hydrogen) atoms. The average molecular weight is 151 g/mol. The van der Waals surface area contributed by atoms with Crippen LogP contribution in [0, 0.1) is 0 Å². The van der Waals surface area contributed by atoms with E-state index >= 15 is 0 Å². The third-order valence-electron chi connectivity index (χ3n) is 1.27. The lowest BCUT2D eigenvalue weighted by atomic mass is 10.2. The second-order valence-corrected chi connectivity index (χ2v) is 2.23. The number of aromatic hydroxyl groups is 1. The van der Waals surface area contributed by atoms with Gasteiger partial charge in [0, 0.05) is 12.1 Å². The van der Waals surface area contributed by atoms with E-state index in [0.29, 0.717) is 6.42 Å². The maximum atomic E-state index is 10.7. The van der Waals surface area contributed by atoms with Gasteiger partial charge in [-0.15, -0.1) is 6.58 Å². The molecule has 0 bridgehead atoms. The van der Waals surface area contributed by atoms with E-state index in [1.165, 1.54) is 12.1 Å². The minimum atomic E-state index is -0.290. The first kappa shape index (κ1) is 7.60. The molecule has 1 aromatic heterocycles. The summed E-state index contributed by atoms with van der Waals surface area (Å²) in [6.07, 6.45) is 2.27. The largest absolute Gasteiger partial charge is 0.495 e. The minimum Gasteiger partial charge on any atom is -0.495 e. The summed E-state index contributed by atoms with van der Waals surface area (Å²) in [7, 11) is 0. The maximum absolute atomic E-state index is 10.7. The number of allylic oxidation sites excluding steroid dienone is 1. The van der Waals surface area contributed by atoms with Crippen molar-refractivity contribution in [3.8, 4) is 5.88 Å². The van der Waals surface area contributed by atoms with E-state index in [1.54, 1.807) is 6.08 Å². The van der Waals surface area contributed by atoms with E-state index in [0.717, 1.165) is 5.56 Å². The van der Waals surface area contributed by atoms with Crippen LogP contribution in [-0.2, 0) is 6.42 Å². The molecule has 0 spiro atoms. The fraction of sp³-hybridized carbons (Fsp3) is 0.125. The van der Waals surface area contributed by atoms with Crippen LogP contribution in [0.3, 0.4) is 0 Å². The molecule has 0 atom stereocenters. The predicted molar refractivity (Wildman–Crippen MR) is 42.6 cm³/mol. The lowest BCUT2D eigenvalue weighted by Crippen LogP contribution is -2.04. The molecule has 0 radical (unpaired) electrons. The molecule has 0 fully saturated rings. The zero-order valence-electron chi connectivity index (χ0n) is 6.00. The Labute approximate surface area is 64.0 Å². The van der Waals surface area contributed by atoms with E-state index in [-0.39, 0.29) is 11.4 Å². The van der Waals surface area contributed by atoms with Gasteiger partial charge in [-0.1, -0.05) is 6.08 Å². The molecule has 0 aliphatic rings. The summed E-state index contributed by atoms with van der Waals surface area (Å²) >= 11 is 0. The third-order valence-corrected chi connectivity index (χ3v) is 1.27. The Balaban J connectivity index is 3.08. The van der Waals surface area contributed by atoms with Gasteiger partial charge in [0.25, 0.3) is 5.56 Å². The Kier molecular flexibility index (Phi) is 2.11. The van der Waals surface area contributed by atoms with E-state index in [2.05, 4.69) is 11.6 Å². The summed E-state index contributed by atoms with van der Waals surface area (Å²) in [6.45, 7) is 3.52. The van der Waals surface area contributed by atoms with Crippen LogP contribution in [0.15, 0.2) is 29.6 Å². The number of aromatic nitrogens is 1. The van der Waals surface area contributed by atoms with Crippen molar-refractivity contribution in [1.82, 2.24) is 4.98 Å². The Bertz CT molecular complexity index is 314. The van der Waals surface area contributed by atoms with Crippen LogP contribution < -0.4 is 5.56 Å². The molecule has 0 saturated carbocycles. The van der Waals surface area contributed by atoms with Crippen molar-refractivity contribution in [1.29, 1.82) is 0 Å². The number of aromatic amines is 1. The van der Waals surface area contributed by atoms with Crippen molar-refractivity contribution in [2.75, 3.05) is 0 Å². The van der Waals surface area contributed by atoms with Crippen LogP contribution in [0.2, 0.25) is 0 Å². The first-order chi connectivity index (χ1) is 5.22. The van der Waals surface area contributed by atoms with E-state index in [1.807, 2.05) is 0 Å². The van der Waals surface area contributed by atoms with Crippen molar-refractivity contribution in [2.24, 2.45) is 0 Å². The molecule has 0 aliphatic carbocycles. The highest BCUT2D eigenvalue weighted by Gasteiger charge is 1.94. The van der Waals surface area contributed by atoms with Crippen molar-refractivity contribution in [2.45, 2.75) is 6.42 Å². The lowest BCUT2D eigenvalue weighted by molar-refractivity contribution is 0.451. The number of pyridine rings is 1. The maximum Gasteiger partial charge on any atom is 0.250 e. The molecule has 58 valence electrons. The fourth-order valence-corrected chi connectivity index (χ4v) is 0.869. The van der Waals surface area contributed by atoms with Crippen LogP contribution in [0.25, 0.3) is 0 Å². The van der Waals surface area contributed by atoms with E-state index in [9.17, 15) is 4.79 Å². The second kappa shape index (κ2) is 3.05. The zero-order valence-corrected chi connectivity index (χ0v) is 6.00. The van der Waals surface area contributed by atoms with Gasteiger partial charge in [0.1, 0.15) is 0 Å². The summed E-state index contributed by atoms with van der Waals surface area (Å²) in [4.78, 5) is 13.0. The molecule has 1 aromatic rings. The molecule has 1 heterocycles. The van der Waals surface area contributed by atoms with E-state index < -0.39 is 0 Å². The van der Waals surface area contributed by atoms with Gasteiger partial charge < -0.3 is 5.11 Å². The topological polar surface area (TPSA) is 53.1 Å². The predicted octanol–water partition coefficient (Wildman–Crippen LogP) is 0.809. The van der Waals surface area contributed by atoms with Crippen molar-refractivity contribution in [3.05, 3.63) is 40.7 Å². The first-order valence-corrected chi connectivity index (χ1v) is 3.25. The molecule has 3 heteroatoms. The standard InChI is InChI=1S/C8H9NO2/c1-2-3-6-4-7(10)9-8(11)5-6/h2,4-5H,1,3H2,(H2,9,10,11). The van der Waals surface area contributed by atoms with Crippen molar-refractivity contribution < 1.29 is 5.11 Å². The van der Waals surface area contributed by atoms with Gasteiger partial charge in [0.05, 0.1) is 0 Å². The van der Waals surface area contributed by atoms with Crippen molar-refractivity contribution in [3.63, 3.8) is 0 Å². The Morgan fingerprint density at radius 1 is 1.64 bits per heavy atom. The molecular weight excluding hydrogens is 142 g/mol. The summed E-state index contributed by atoms with van der Waals surface area (Å²) in [5, 5.41) is 8.93. The van der Waals surface area contributed by atoms with Gasteiger partial charge >= 0.3 is 0 Å². The van der Waals surface area contributed by atoms with Crippen LogP contribution >= 0.6 is 0 Å². The second-order valence-electron chi connectivity index (χ2n) is 2.23. The van der Waals surface area contributed by atoms with Gasteiger partial charge in [0.2, 0.25) is 0 Å². The normalized spacial score (nSPS) is 9.45. The van der Waals surface area contributed by atoms with Crippen LogP contribution in [-0.4, -0.2) is 10.1 Å². The molecule has 0 aromatic carbocycles. The van der Waals surface area contributed by atoms with Crippen LogP contribution in [0.4, 0.5) is 0 Å². The monoisotopic (exact) mass is 151 g/mol. The van der Waals surface area contributed by atoms with Gasteiger partial charge in [-0.05, 0) is 12.0 Å². The fourth-order valence-electron chi connectivity index (χ4n) is 0.869. The number of rotatable bonds is 2. The Morgan fingerprint density at radius 3 is 2.91 bits per heavy atom. The quantitative estimate of drug-likeness (QED) is 0.614. The van der Waals surface area contributed by atoms with Gasteiger partial charge in [-0.2, -0.15) is 0 Å². The van der Waals surface area contributed by atoms with Gasteiger partial charge in [-0.3, -0.25) is 9.78 Å². The molecule has 1 rings (SSSR count). The highest BCUT2D eigenvalue weighted by Crippen LogP contribution is 2.04. The van der Waals surface area contributed by atoms with Gasteiger partial charge in [-0.25, -0.2) is 0 Å². The highest BCUT2D eigenvalue weighted by molar-refractivity contribution is 5.21. The highest BCUT2D eigenvalue weighted by atomic mass is 16.3. The van der Waals surface area contributed by atoms with Crippen LogP contribution in [0.1, 0.15) is 5.56 Å². The molecule has 0 saturated heterocycles. The Morgan fingerprint density at radius 2 is 2.36 bits per heavy atom. The number of nitrogens with one attached hydrogen (secondary N) is 1. The lowest BCUT2D eigenvalue weighted by Gasteiger charge is -1.95. The molecular formula is C8H9NO2. The summed E-state index contributed by atoms with van der Waals surface area (Å²) in [6, 6.07) is 2.94. The van der Waals surface area contributed by atoms with Gasteiger partial charge in [0.15, 0.2) is 5.88 Å². The molecule has 0 amide bonds. The average Bonchev–Trinajstić information content (AvgIpc) is 1.85. The summed E-state index contributed by atoms with van der Waals surface area (Å²) in [5.41, 5.74) is 0.475. The Hall–Kier alpha value is -1.51. The van der Waals surface area contributed by atoms with E-state index in [4.69, 9.17) is 5.11 Å². The first-order valence-electron chi connectivity index (χ1n) is 3.25. The summed E-state index contributed by atoms with van der Waals surface area (Å²) in [5.74, 6) is -0.102. The molecule has 2 N–H and O–H groups in total. The zero-order chi connectivity index (χ0) is 8.27. The SMILES string of the molecule is C=CCc1cc(O)[nH]c(=O)c1. The number of H-pyrrole nitrogens is 1. The molecule has 3 nitrogen and oxygen atoms in total. The summed E-state index contributed by atoms with van der Waals surface area (Å²) < 4.78 is 0. The minimum absolute atomic E-state index is 0.102. The molecule has 0 aliphatic heterocycles. The number of hydrogen-bond donors (Lipinski definition) is 2. The third kappa shape index (κ3) is 1.97. The molecule has 0 unspecified atom stereocenters. The smallest absolute Gasteiger partial charge is 0.250 e.